The number of hydrogen-bond donors (Lipinski definition) is 2. The van der Waals surface area contributed by atoms with E-state index in [4.69, 9.17) is 22.0 Å². The summed E-state index contributed by atoms with van der Waals surface area (Å²) < 4.78 is 27.3. The second kappa shape index (κ2) is 4.21. The maximum atomic E-state index is 11.1. The SMILES string of the molecule is C#CCOc1cc(N)ccc1S(N)(=O)=O. The highest BCUT2D eigenvalue weighted by Crippen LogP contribution is 2.25. The van der Waals surface area contributed by atoms with Gasteiger partial charge in [-0.05, 0) is 12.1 Å². The monoisotopic (exact) mass is 226 g/mol. The van der Waals surface area contributed by atoms with Gasteiger partial charge in [-0.2, -0.15) is 0 Å². The molecule has 0 aromatic heterocycles. The van der Waals surface area contributed by atoms with Crippen LogP contribution >= 0.6 is 0 Å². The van der Waals surface area contributed by atoms with Gasteiger partial charge in [0, 0.05) is 11.8 Å². The molecule has 1 rings (SSSR count). The maximum absolute atomic E-state index is 11.1. The zero-order valence-corrected chi connectivity index (χ0v) is 8.62. The van der Waals surface area contributed by atoms with Crippen molar-refractivity contribution in [3.05, 3.63) is 18.2 Å². The van der Waals surface area contributed by atoms with Crippen molar-refractivity contribution in [2.75, 3.05) is 12.3 Å². The van der Waals surface area contributed by atoms with Crippen LogP contribution in [0.2, 0.25) is 0 Å². The second-order valence-corrected chi connectivity index (χ2v) is 4.27. The Balaban J connectivity index is 3.22. The molecule has 0 saturated heterocycles. The zero-order chi connectivity index (χ0) is 11.5. The fourth-order valence-electron chi connectivity index (χ4n) is 0.992. The lowest BCUT2D eigenvalue weighted by Crippen LogP contribution is -2.14. The fourth-order valence-corrected chi connectivity index (χ4v) is 1.65. The van der Waals surface area contributed by atoms with Crippen LogP contribution in [-0.2, 0) is 10.0 Å². The molecule has 0 aliphatic rings. The highest BCUT2D eigenvalue weighted by molar-refractivity contribution is 7.89. The van der Waals surface area contributed by atoms with Crippen molar-refractivity contribution in [3.63, 3.8) is 0 Å². The predicted octanol–water partition coefficient (Wildman–Crippen LogP) is -0.0718. The summed E-state index contributed by atoms with van der Waals surface area (Å²) in [6.07, 6.45) is 4.99. The molecule has 4 N–H and O–H groups in total. The molecule has 0 aliphatic carbocycles. The largest absolute Gasteiger partial charge is 0.479 e. The Kier molecular flexibility index (Phi) is 3.19. The van der Waals surface area contributed by atoms with Gasteiger partial charge in [0.05, 0.1) is 0 Å². The van der Waals surface area contributed by atoms with Gasteiger partial charge in [0.15, 0.2) is 0 Å². The van der Waals surface area contributed by atoms with E-state index in [1.807, 2.05) is 0 Å². The average Bonchev–Trinajstić information content (AvgIpc) is 2.12. The minimum Gasteiger partial charge on any atom is -0.479 e. The van der Waals surface area contributed by atoms with Crippen LogP contribution in [-0.4, -0.2) is 15.0 Å². The van der Waals surface area contributed by atoms with Crippen LogP contribution in [0.1, 0.15) is 0 Å². The van der Waals surface area contributed by atoms with Gasteiger partial charge in [-0.3, -0.25) is 0 Å². The Morgan fingerprint density at radius 2 is 2.13 bits per heavy atom. The number of nitrogens with two attached hydrogens (primary N) is 2. The summed E-state index contributed by atoms with van der Waals surface area (Å²) in [7, 11) is -3.83. The minimum absolute atomic E-state index is 0.0496. The van der Waals surface area contributed by atoms with E-state index in [1.54, 1.807) is 0 Å². The molecule has 0 unspecified atom stereocenters. The Morgan fingerprint density at radius 3 is 2.67 bits per heavy atom. The number of sulfonamides is 1. The van der Waals surface area contributed by atoms with Crippen LogP contribution < -0.4 is 15.6 Å². The number of rotatable bonds is 3. The topological polar surface area (TPSA) is 95.4 Å². The molecule has 6 heteroatoms. The zero-order valence-electron chi connectivity index (χ0n) is 7.80. The van der Waals surface area contributed by atoms with Crippen LogP contribution in [0.15, 0.2) is 23.1 Å². The highest BCUT2D eigenvalue weighted by Gasteiger charge is 2.14. The van der Waals surface area contributed by atoms with Crippen molar-refractivity contribution in [2.24, 2.45) is 5.14 Å². The van der Waals surface area contributed by atoms with Gasteiger partial charge in [-0.25, -0.2) is 13.6 Å². The first kappa shape index (κ1) is 11.4. The molecule has 0 radical (unpaired) electrons. The third-order valence-electron chi connectivity index (χ3n) is 1.59. The summed E-state index contributed by atoms with van der Waals surface area (Å²) >= 11 is 0. The molecule has 0 amide bonds. The molecule has 80 valence electrons. The fraction of sp³-hybridized carbons (Fsp3) is 0.111. The molecule has 5 nitrogen and oxygen atoms in total. The molecule has 0 spiro atoms. The maximum Gasteiger partial charge on any atom is 0.241 e. The molecule has 1 aromatic carbocycles. The molecular formula is C9H10N2O3S. The number of ether oxygens (including phenoxy) is 1. The first-order chi connectivity index (χ1) is 6.95. The molecule has 0 bridgehead atoms. The van der Waals surface area contributed by atoms with E-state index in [9.17, 15) is 8.42 Å². The van der Waals surface area contributed by atoms with E-state index in [1.165, 1.54) is 18.2 Å². The minimum atomic E-state index is -3.83. The van der Waals surface area contributed by atoms with Gasteiger partial charge in [0.25, 0.3) is 0 Å². The molecular weight excluding hydrogens is 216 g/mol. The number of anilines is 1. The normalized spacial score (nSPS) is 10.7. The van der Waals surface area contributed by atoms with Crippen molar-refractivity contribution >= 4 is 15.7 Å². The second-order valence-electron chi connectivity index (χ2n) is 2.74. The smallest absolute Gasteiger partial charge is 0.241 e. The van der Waals surface area contributed by atoms with Crippen molar-refractivity contribution < 1.29 is 13.2 Å². The van der Waals surface area contributed by atoms with Crippen LogP contribution in [0, 0.1) is 12.3 Å². The molecule has 0 heterocycles. The number of hydrogen-bond acceptors (Lipinski definition) is 4. The van der Waals surface area contributed by atoms with Gasteiger partial charge in [0.1, 0.15) is 17.3 Å². The summed E-state index contributed by atoms with van der Waals surface area (Å²) in [5.41, 5.74) is 5.85. The summed E-state index contributed by atoms with van der Waals surface area (Å²) in [6.45, 7) is -0.0496. The lowest BCUT2D eigenvalue weighted by atomic mass is 10.3. The Labute approximate surface area is 88.1 Å². The van der Waals surface area contributed by atoms with Crippen LogP contribution in [0.5, 0.6) is 5.75 Å². The summed E-state index contributed by atoms with van der Waals surface area (Å²) in [4.78, 5) is -0.132. The van der Waals surface area contributed by atoms with E-state index in [0.717, 1.165) is 0 Å². The summed E-state index contributed by atoms with van der Waals surface area (Å²) in [5, 5.41) is 4.98. The van der Waals surface area contributed by atoms with Crippen molar-refractivity contribution in [3.8, 4) is 18.1 Å². The number of nitrogen functional groups attached to an aromatic ring is 1. The van der Waals surface area contributed by atoms with E-state index in [0.29, 0.717) is 5.69 Å². The van der Waals surface area contributed by atoms with Crippen LogP contribution in [0.4, 0.5) is 5.69 Å². The molecule has 0 fully saturated rings. The quantitative estimate of drug-likeness (QED) is 0.557. The molecule has 0 aliphatic heterocycles. The highest BCUT2D eigenvalue weighted by atomic mass is 32.2. The van der Waals surface area contributed by atoms with E-state index < -0.39 is 10.0 Å². The van der Waals surface area contributed by atoms with Crippen molar-refractivity contribution in [1.82, 2.24) is 0 Å². The van der Waals surface area contributed by atoms with Crippen LogP contribution in [0.25, 0.3) is 0 Å². The van der Waals surface area contributed by atoms with E-state index in [2.05, 4.69) is 5.92 Å². The first-order valence-electron chi connectivity index (χ1n) is 3.93. The van der Waals surface area contributed by atoms with Gasteiger partial charge in [-0.1, -0.05) is 5.92 Å². The lowest BCUT2D eigenvalue weighted by Gasteiger charge is -2.08. The van der Waals surface area contributed by atoms with Crippen molar-refractivity contribution in [1.29, 1.82) is 0 Å². The van der Waals surface area contributed by atoms with Gasteiger partial charge < -0.3 is 10.5 Å². The number of primary sulfonamides is 1. The van der Waals surface area contributed by atoms with Crippen molar-refractivity contribution in [2.45, 2.75) is 4.90 Å². The predicted molar refractivity (Wildman–Crippen MR) is 56.6 cm³/mol. The lowest BCUT2D eigenvalue weighted by molar-refractivity contribution is 0.360. The van der Waals surface area contributed by atoms with Gasteiger partial charge >= 0.3 is 0 Å². The number of terminal acetylenes is 1. The summed E-state index contributed by atoms with van der Waals surface area (Å²) in [5.74, 6) is 2.28. The standard InChI is InChI=1S/C9H10N2O3S/c1-2-5-14-8-6-7(10)3-4-9(8)15(11,12)13/h1,3-4,6H,5,10H2,(H2,11,12,13). The van der Waals surface area contributed by atoms with Crippen LogP contribution in [0.3, 0.4) is 0 Å². The molecule has 15 heavy (non-hydrogen) atoms. The number of benzene rings is 1. The Morgan fingerprint density at radius 1 is 1.47 bits per heavy atom. The van der Waals surface area contributed by atoms with E-state index >= 15 is 0 Å². The molecule has 0 saturated carbocycles. The first-order valence-corrected chi connectivity index (χ1v) is 5.48. The molecule has 1 aromatic rings. The average molecular weight is 226 g/mol. The molecule has 0 atom stereocenters. The Hall–Kier alpha value is -1.71. The van der Waals surface area contributed by atoms with Gasteiger partial charge in [-0.15, -0.1) is 6.42 Å². The third kappa shape index (κ3) is 2.87. The van der Waals surface area contributed by atoms with Gasteiger partial charge in [0.2, 0.25) is 10.0 Å². The third-order valence-corrected chi connectivity index (χ3v) is 2.54. The Bertz CT molecular complexity index is 503. The summed E-state index contributed by atoms with van der Waals surface area (Å²) in [6, 6.07) is 4.05. The van der Waals surface area contributed by atoms with E-state index in [-0.39, 0.29) is 17.3 Å².